The minimum absolute atomic E-state index is 0.139. The van der Waals surface area contributed by atoms with Crippen LogP contribution in [0.1, 0.15) is 24.9 Å². The third-order valence-electron chi connectivity index (χ3n) is 6.27. The van der Waals surface area contributed by atoms with Crippen molar-refractivity contribution in [2.24, 2.45) is 5.92 Å². The van der Waals surface area contributed by atoms with E-state index in [0.29, 0.717) is 53.8 Å². The number of imidazole rings is 1. The molecule has 192 valence electrons. The molecule has 10 heteroatoms. The first-order chi connectivity index (χ1) is 17.5. The average Bonchev–Trinajstić information content (AvgIpc) is 3.27. The van der Waals surface area contributed by atoms with Gasteiger partial charge in [-0.1, -0.05) is 12.1 Å². The fourth-order valence-electron chi connectivity index (χ4n) is 4.76. The van der Waals surface area contributed by atoms with Crippen molar-refractivity contribution in [3.8, 4) is 17.2 Å². The number of hydrogen-bond acceptors (Lipinski definition) is 8. The number of para-hydroxylation sites is 2. The molecule has 0 spiro atoms. The van der Waals surface area contributed by atoms with Gasteiger partial charge in [-0.3, -0.25) is 14.5 Å². The maximum atomic E-state index is 14.0. The highest BCUT2D eigenvalue weighted by Gasteiger charge is 2.49. The second-order valence-corrected chi connectivity index (χ2v) is 8.20. The average molecular weight is 498 g/mol. The lowest BCUT2D eigenvalue weighted by atomic mass is 9.88. The fraction of sp³-hybridized carbons (Fsp3) is 0.423. The minimum atomic E-state index is -1.18. The molecule has 1 amide bonds. The van der Waals surface area contributed by atoms with E-state index in [9.17, 15) is 9.59 Å². The maximum Gasteiger partial charge on any atom is 0.321 e. The highest BCUT2D eigenvalue weighted by molar-refractivity contribution is 6.08. The molecule has 3 aromatic rings. The van der Waals surface area contributed by atoms with E-state index >= 15 is 0 Å². The minimum Gasteiger partial charge on any atom is -0.493 e. The number of fused-ring (bicyclic) bond motifs is 3. The predicted molar refractivity (Wildman–Crippen MR) is 133 cm³/mol. The summed E-state index contributed by atoms with van der Waals surface area (Å²) in [6.07, 6.45) is 0.575. The number of carbonyl (C=O) groups is 2. The van der Waals surface area contributed by atoms with E-state index in [0.717, 1.165) is 5.52 Å². The molecule has 0 saturated heterocycles. The molecule has 2 aromatic carbocycles. The second kappa shape index (κ2) is 10.9. The van der Waals surface area contributed by atoms with Crippen molar-refractivity contribution < 1.29 is 33.3 Å². The van der Waals surface area contributed by atoms with Crippen LogP contribution < -0.4 is 19.1 Å². The molecule has 1 aromatic heterocycles. The van der Waals surface area contributed by atoms with E-state index in [4.69, 9.17) is 28.7 Å². The van der Waals surface area contributed by atoms with Crippen molar-refractivity contribution in [2.45, 2.75) is 19.4 Å². The normalized spacial score (nSPS) is 17.1. The van der Waals surface area contributed by atoms with Crippen LogP contribution in [0.25, 0.3) is 11.0 Å². The molecule has 0 fully saturated rings. The van der Waals surface area contributed by atoms with Gasteiger partial charge in [0.05, 0.1) is 45.0 Å². The molecule has 0 unspecified atom stereocenters. The Morgan fingerprint density at radius 3 is 2.42 bits per heavy atom. The molecule has 1 aliphatic rings. The molecule has 0 saturated carbocycles. The van der Waals surface area contributed by atoms with Gasteiger partial charge < -0.3 is 28.3 Å². The van der Waals surface area contributed by atoms with E-state index in [1.54, 1.807) is 31.1 Å². The standard InChI is InChI=1S/C26H31N3O7/c1-6-36-25(31)20-21(16-12-13-19(33-3)23(35-5)22(16)34-4)29-18-11-8-7-10-17(18)27-26(29)28(24(20)30)14-9-15-32-2/h7-8,10-13,20-21H,6,9,14-15H2,1-5H3/t20-,21+/m0/s1. The third-order valence-corrected chi connectivity index (χ3v) is 6.27. The second-order valence-electron chi connectivity index (χ2n) is 8.20. The molecule has 0 bridgehead atoms. The van der Waals surface area contributed by atoms with E-state index in [2.05, 4.69) is 0 Å². The van der Waals surface area contributed by atoms with Gasteiger partial charge in [-0.25, -0.2) is 4.98 Å². The van der Waals surface area contributed by atoms with Crippen molar-refractivity contribution in [3.63, 3.8) is 0 Å². The Morgan fingerprint density at radius 2 is 1.75 bits per heavy atom. The summed E-state index contributed by atoms with van der Waals surface area (Å²) in [4.78, 5) is 33.7. The number of amides is 1. The van der Waals surface area contributed by atoms with E-state index < -0.39 is 23.8 Å². The first kappa shape index (κ1) is 25.3. The van der Waals surface area contributed by atoms with Crippen molar-refractivity contribution >= 4 is 28.9 Å². The molecule has 2 atom stereocenters. The van der Waals surface area contributed by atoms with Crippen LogP contribution in [0.15, 0.2) is 36.4 Å². The summed E-state index contributed by atoms with van der Waals surface area (Å²) >= 11 is 0. The van der Waals surface area contributed by atoms with Crippen LogP contribution >= 0.6 is 0 Å². The van der Waals surface area contributed by atoms with Gasteiger partial charge in [-0.05, 0) is 37.6 Å². The molecule has 36 heavy (non-hydrogen) atoms. The van der Waals surface area contributed by atoms with E-state index in [-0.39, 0.29) is 6.61 Å². The molecule has 4 rings (SSSR count). The Kier molecular flexibility index (Phi) is 7.64. The topological polar surface area (TPSA) is 101 Å². The lowest BCUT2D eigenvalue weighted by Gasteiger charge is -2.38. The SMILES string of the molecule is CCOC(=O)[C@@H]1C(=O)N(CCCOC)c2nc3ccccc3n2[C@@H]1c1ccc(OC)c(OC)c1OC. The molecule has 1 aliphatic heterocycles. The Labute approximate surface area is 209 Å². The zero-order valence-corrected chi connectivity index (χ0v) is 21.1. The highest BCUT2D eigenvalue weighted by Crippen LogP contribution is 2.48. The number of nitrogens with zero attached hydrogens (tertiary/aromatic N) is 3. The van der Waals surface area contributed by atoms with Crippen LogP contribution in [0.4, 0.5) is 5.95 Å². The molecule has 10 nitrogen and oxygen atoms in total. The van der Waals surface area contributed by atoms with Gasteiger partial charge in [-0.15, -0.1) is 0 Å². The van der Waals surface area contributed by atoms with Crippen LogP contribution in [-0.2, 0) is 19.1 Å². The number of ether oxygens (including phenoxy) is 5. The van der Waals surface area contributed by atoms with Gasteiger partial charge in [0.15, 0.2) is 17.4 Å². The molecule has 0 radical (unpaired) electrons. The summed E-state index contributed by atoms with van der Waals surface area (Å²) in [6, 6.07) is 10.3. The van der Waals surface area contributed by atoms with E-state index in [1.807, 2.05) is 28.8 Å². The van der Waals surface area contributed by atoms with Gasteiger partial charge in [0.1, 0.15) is 0 Å². The van der Waals surface area contributed by atoms with Gasteiger partial charge in [0, 0.05) is 25.8 Å². The number of esters is 1. The molecule has 0 N–H and O–H groups in total. The number of methoxy groups -OCH3 is 4. The van der Waals surface area contributed by atoms with Crippen LogP contribution in [0.5, 0.6) is 17.2 Å². The zero-order valence-electron chi connectivity index (χ0n) is 21.1. The highest BCUT2D eigenvalue weighted by atomic mass is 16.5. The largest absolute Gasteiger partial charge is 0.493 e. The summed E-state index contributed by atoms with van der Waals surface area (Å²) in [6.45, 7) is 2.65. The number of benzene rings is 2. The van der Waals surface area contributed by atoms with Crippen molar-refractivity contribution in [3.05, 3.63) is 42.0 Å². The summed E-state index contributed by atoms with van der Waals surface area (Å²) in [5, 5.41) is 0. The summed E-state index contributed by atoms with van der Waals surface area (Å²) < 4.78 is 29.3. The Morgan fingerprint density at radius 1 is 1.00 bits per heavy atom. The Bertz CT molecular complexity index is 1260. The zero-order chi connectivity index (χ0) is 25.8. The number of anilines is 1. The molecule has 0 aliphatic carbocycles. The van der Waals surface area contributed by atoms with E-state index in [1.165, 1.54) is 21.3 Å². The first-order valence-electron chi connectivity index (χ1n) is 11.7. The van der Waals surface area contributed by atoms with Crippen molar-refractivity contribution in [2.75, 3.05) is 53.1 Å². The Balaban J connectivity index is 2.02. The summed E-state index contributed by atoms with van der Waals surface area (Å²) in [5.41, 5.74) is 2.04. The quantitative estimate of drug-likeness (QED) is 0.239. The molecule has 2 heterocycles. The summed E-state index contributed by atoms with van der Waals surface area (Å²) in [5.74, 6) is -0.561. The predicted octanol–water partition coefficient (Wildman–Crippen LogP) is 3.21. The monoisotopic (exact) mass is 497 g/mol. The fourth-order valence-corrected chi connectivity index (χ4v) is 4.76. The van der Waals surface area contributed by atoms with Gasteiger partial charge >= 0.3 is 5.97 Å². The Hall–Kier alpha value is -3.79. The van der Waals surface area contributed by atoms with Gasteiger partial charge in [0.25, 0.3) is 0 Å². The van der Waals surface area contributed by atoms with Crippen LogP contribution in [0, 0.1) is 5.92 Å². The lowest BCUT2D eigenvalue weighted by molar-refractivity contribution is -0.153. The number of hydrogen-bond donors (Lipinski definition) is 0. The number of aromatic nitrogens is 2. The number of rotatable bonds is 10. The molecular formula is C26H31N3O7. The summed E-state index contributed by atoms with van der Waals surface area (Å²) in [7, 11) is 6.15. The van der Waals surface area contributed by atoms with Crippen molar-refractivity contribution in [1.29, 1.82) is 0 Å². The van der Waals surface area contributed by atoms with Crippen molar-refractivity contribution in [1.82, 2.24) is 9.55 Å². The van der Waals surface area contributed by atoms with Crippen LogP contribution in [0.2, 0.25) is 0 Å². The lowest BCUT2D eigenvalue weighted by Crippen LogP contribution is -2.50. The third kappa shape index (κ3) is 4.21. The maximum absolute atomic E-state index is 14.0. The van der Waals surface area contributed by atoms with Gasteiger partial charge in [0.2, 0.25) is 17.6 Å². The smallest absolute Gasteiger partial charge is 0.321 e. The van der Waals surface area contributed by atoms with Crippen LogP contribution in [0.3, 0.4) is 0 Å². The first-order valence-corrected chi connectivity index (χ1v) is 11.7. The van der Waals surface area contributed by atoms with Gasteiger partial charge in [-0.2, -0.15) is 0 Å². The number of carbonyl (C=O) groups excluding carboxylic acids is 2. The molecular weight excluding hydrogens is 466 g/mol. The van der Waals surface area contributed by atoms with Crippen LogP contribution in [-0.4, -0.2) is 69.6 Å².